The first-order chi connectivity index (χ1) is 11.5. The molecule has 1 unspecified atom stereocenters. The van der Waals surface area contributed by atoms with Crippen LogP contribution in [0.1, 0.15) is 23.3 Å². The van der Waals surface area contributed by atoms with Crippen LogP contribution in [-0.2, 0) is 13.6 Å². The topological polar surface area (TPSA) is 57.4 Å². The molecular weight excluding hydrogens is 309 g/mol. The highest BCUT2D eigenvalue weighted by Crippen LogP contribution is 2.16. The fourth-order valence-electron chi connectivity index (χ4n) is 2.95. The number of benzene rings is 1. The maximum absolute atomic E-state index is 13.0. The second-order valence-corrected chi connectivity index (χ2v) is 6.37. The van der Waals surface area contributed by atoms with E-state index in [-0.39, 0.29) is 5.82 Å². The molecule has 0 aliphatic carbocycles. The van der Waals surface area contributed by atoms with Gasteiger partial charge < -0.3 is 9.67 Å². The number of nitrogens with zero attached hydrogens (tertiary/aromatic N) is 5. The fraction of sp³-hybridized carbons (Fsp3) is 0.529. The third-order valence-corrected chi connectivity index (χ3v) is 4.70. The number of rotatable bonds is 5. The highest BCUT2D eigenvalue weighted by atomic mass is 19.1. The van der Waals surface area contributed by atoms with Crippen LogP contribution in [0.3, 0.4) is 0 Å². The summed E-state index contributed by atoms with van der Waals surface area (Å²) in [7, 11) is 1.99. The molecule has 0 bridgehead atoms. The van der Waals surface area contributed by atoms with E-state index in [1.165, 1.54) is 12.1 Å². The summed E-state index contributed by atoms with van der Waals surface area (Å²) in [6, 6.07) is 6.07. The molecule has 2 aromatic rings. The largest absolute Gasteiger partial charge is 0.387 e. The van der Waals surface area contributed by atoms with E-state index in [0.717, 1.165) is 49.9 Å². The molecule has 6 nitrogen and oxygen atoms in total. The second-order valence-electron chi connectivity index (χ2n) is 6.37. The normalized spacial score (nSPS) is 18.0. The molecule has 0 radical (unpaired) electrons. The van der Waals surface area contributed by atoms with Crippen molar-refractivity contribution in [2.75, 3.05) is 32.7 Å². The lowest BCUT2D eigenvalue weighted by Crippen LogP contribution is -2.47. The van der Waals surface area contributed by atoms with Gasteiger partial charge in [-0.05, 0) is 24.6 Å². The average molecular weight is 333 g/mol. The Morgan fingerprint density at radius 1 is 1.08 bits per heavy atom. The smallest absolute Gasteiger partial charge is 0.146 e. The molecule has 1 saturated heterocycles. The molecule has 24 heavy (non-hydrogen) atoms. The summed E-state index contributed by atoms with van der Waals surface area (Å²) in [5.41, 5.74) is 0.758. The Morgan fingerprint density at radius 2 is 1.71 bits per heavy atom. The Labute approximate surface area is 141 Å². The summed E-state index contributed by atoms with van der Waals surface area (Å²) in [5, 5.41) is 18.6. The molecule has 1 fully saturated rings. The second kappa shape index (κ2) is 7.38. The van der Waals surface area contributed by atoms with Gasteiger partial charge in [-0.3, -0.25) is 9.80 Å². The monoisotopic (exact) mass is 333 g/mol. The lowest BCUT2D eigenvalue weighted by atomic mass is 10.1. The van der Waals surface area contributed by atoms with Crippen molar-refractivity contribution < 1.29 is 9.50 Å². The quantitative estimate of drug-likeness (QED) is 0.888. The van der Waals surface area contributed by atoms with Crippen molar-refractivity contribution >= 4 is 0 Å². The van der Waals surface area contributed by atoms with E-state index in [1.54, 1.807) is 12.1 Å². The molecule has 1 aromatic carbocycles. The van der Waals surface area contributed by atoms with Gasteiger partial charge in [-0.2, -0.15) is 0 Å². The Morgan fingerprint density at radius 3 is 2.29 bits per heavy atom. The van der Waals surface area contributed by atoms with Gasteiger partial charge in [-0.25, -0.2) is 4.39 Å². The van der Waals surface area contributed by atoms with Crippen LogP contribution < -0.4 is 0 Å². The first-order valence-corrected chi connectivity index (χ1v) is 8.26. The molecule has 7 heteroatoms. The van der Waals surface area contributed by atoms with Crippen molar-refractivity contribution in [3.8, 4) is 0 Å². The molecule has 0 spiro atoms. The molecule has 1 aliphatic rings. The lowest BCUT2D eigenvalue weighted by Gasteiger charge is -2.35. The van der Waals surface area contributed by atoms with Crippen LogP contribution in [-0.4, -0.2) is 62.4 Å². The number of hydrogen-bond acceptors (Lipinski definition) is 5. The number of aryl methyl sites for hydroxylation is 1. The van der Waals surface area contributed by atoms with E-state index in [0.29, 0.717) is 6.54 Å². The number of β-amino-alcohol motifs (C(OH)–C–C–N with tert-alkyl or cyclic N) is 1. The Hall–Kier alpha value is -1.83. The number of aliphatic hydroxyl groups is 1. The zero-order valence-corrected chi connectivity index (χ0v) is 14.2. The minimum Gasteiger partial charge on any atom is -0.387 e. The molecule has 1 aromatic heterocycles. The summed E-state index contributed by atoms with van der Waals surface area (Å²) in [6.07, 6.45) is -0.585. The molecule has 130 valence electrons. The van der Waals surface area contributed by atoms with E-state index in [9.17, 15) is 9.50 Å². The molecule has 1 atom stereocenters. The molecule has 0 saturated carbocycles. The molecule has 3 rings (SSSR count). The highest BCUT2D eigenvalue weighted by Gasteiger charge is 2.21. The summed E-state index contributed by atoms with van der Waals surface area (Å²) in [5.74, 6) is 1.62. The standard InChI is InChI=1S/C17H24FN5O/c1-13-19-20-17(21(13)2)12-23-9-7-22(8-10-23)11-16(24)14-3-5-15(18)6-4-14/h3-6,16,24H,7-12H2,1-2H3. The van der Waals surface area contributed by atoms with E-state index in [4.69, 9.17) is 0 Å². The van der Waals surface area contributed by atoms with Crippen LogP contribution in [0, 0.1) is 12.7 Å². The van der Waals surface area contributed by atoms with Gasteiger partial charge in [0.25, 0.3) is 0 Å². The van der Waals surface area contributed by atoms with Gasteiger partial charge in [0.05, 0.1) is 12.6 Å². The summed E-state index contributed by atoms with van der Waals surface area (Å²) in [6.45, 7) is 6.98. The summed E-state index contributed by atoms with van der Waals surface area (Å²) >= 11 is 0. The van der Waals surface area contributed by atoms with Gasteiger partial charge in [-0.1, -0.05) is 12.1 Å². The first kappa shape index (κ1) is 17.0. The van der Waals surface area contributed by atoms with Gasteiger partial charge >= 0.3 is 0 Å². The van der Waals surface area contributed by atoms with Crippen molar-refractivity contribution in [1.82, 2.24) is 24.6 Å². The van der Waals surface area contributed by atoms with E-state index in [1.807, 2.05) is 18.5 Å². The van der Waals surface area contributed by atoms with Crippen LogP contribution in [0.25, 0.3) is 0 Å². The minimum atomic E-state index is -0.585. The molecule has 2 heterocycles. The number of piperazine rings is 1. The van der Waals surface area contributed by atoms with Gasteiger partial charge in [0.15, 0.2) is 0 Å². The Kier molecular flexibility index (Phi) is 5.23. The van der Waals surface area contributed by atoms with Crippen LogP contribution in [0.15, 0.2) is 24.3 Å². The maximum Gasteiger partial charge on any atom is 0.146 e. The predicted molar refractivity (Wildman–Crippen MR) is 88.8 cm³/mol. The molecule has 1 aliphatic heterocycles. The molecule has 0 amide bonds. The van der Waals surface area contributed by atoms with Crippen LogP contribution in [0.4, 0.5) is 4.39 Å². The van der Waals surface area contributed by atoms with Gasteiger partial charge in [0.2, 0.25) is 0 Å². The minimum absolute atomic E-state index is 0.279. The number of hydrogen-bond donors (Lipinski definition) is 1. The fourth-order valence-corrected chi connectivity index (χ4v) is 2.95. The van der Waals surface area contributed by atoms with Gasteiger partial charge in [0, 0.05) is 39.8 Å². The van der Waals surface area contributed by atoms with Gasteiger partial charge in [-0.15, -0.1) is 10.2 Å². The van der Waals surface area contributed by atoms with Crippen molar-refractivity contribution in [3.63, 3.8) is 0 Å². The number of halogens is 1. The van der Waals surface area contributed by atoms with E-state index < -0.39 is 6.10 Å². The SMILES string of the molecule is Cc1nnc(CN2CCN(CC(O)c3ccc(F)cc3)CC2)n1C. The molecule has 1 N–H and O–H groups in total. The van der Waals surface area contributed by atoms with Gasteiger partial charge in [0.1, 0.15) is 17.5 Å². The average Bonchev–Trinajstić information content (AvgIpc) is 2.89. The van der Waals surface area contributed by atoms with Crippen LogP contribution in [0.5, 0.6) is 0 Å². The first-order valence-electron chi connectivity index (χ1n) is 8.26. The molecular formula is C17H24FN5O. The zero-order chi connectivity index (χ0) is 17.1. The maximum atomic E-state index is 13.0. The third-order valence-electron chi connectivity index (χ3n) is 4.70. The Balaban J connectivity index is 1.48. The van der Waals surface area contributed by atoms with E-state index >= 15 is 0 Å². The lowest BCUT2D eigenvalue weighted by molar-refractivity contribution is 0.0689. The summed E-state index contributed by atoms with van der Waals surface area (Å²) < 4.78 is 15.0. The van der Waals surface area contributed by atoms with Crippen LogP contribution >= 0.6 is 0 Å². The predicted octanol–water partition coefficient (Wildman–Crippen LogP) is 1.11. The highest BCUT2D eigenvalue weighted by molar-refractivity contribution is 5.18. The number of aliphatic hydroxyl groups excluding tert-OH is 1. The zero-order valence-electron chi connectivity index (χ0n) is 14.2. The third kappa shape index (κ3) is 3.98. The Bertz CT molecular complexity index is 664. The van der Waals surface area contributed by atoms with Crippen LogP contribution in [0.2, 0.25) is 0 Å². The number of aromatic nitrogens is 3. The van der Waals surface area contributed by atoms with Crippen molar-refractivity contribution in [2.45, 2.75) is 19.6 Å². The summed E-state index contributed by atoms with van der Waals surface area (Å²) in [4.78, 5) is 4.59. The van der Waals surface area contributed by atoms with Crippen molar-refractivity contribution in [3.05, 3.63) is 47.3 Å². The van der Waals surface area contributed by atoms with Crippen molar-refractivity contribution in [2.24, 2.45) is 7.05 Å². The van der Waals surface area contributed by atoms with Crippen molar-refractivity contribution in [1.29, 1.82) is 0 Å². The van der Waals surface area contributed by atoms with E-state index in [2.05, 4.69) is 20.0 Å².